The summed E-state index contributed by atoms with van der Waals surface area (Å²) >= 11 is 1.35. The first kappa shape index (κ1) is 21.8. The van der Waals surface area contributed by atoms with Crippen molar-refractivity contribution in [1.29, 1.82) is 5.41 Å². The molecule has 0 saturated carbocycles. The molecule has 2 aromatic rings. The van der Waals surface area contributed by atoms with Crippen molar-refractivity contribution in [3.05, 3.63) is 65.2 Å². The van der Waals surface area contributed by atoms with Gasteiger partial charge in [0, 0.05) is 5.56 Å². The number of carbonyl (C=O) groups is 1. The highest BCUT2D eigenvalue weighted by Crippen LogP contribution is 2.31. The number of fused-ring (bicyclic) bond motifs is 1. The number of nitrogens with one attached hydrogen (secondary N) is 1. The number of para-hydroxylation sites is 1. The number of hydrazone groups is 1. The SMILES string of the molecule is CCCC1=NN2C(=N)C(=Cc3ccccc3OCCOc3ccc(C)cc3)C(=O)N=C2S1. The molecule has 7 nitrogen and oxygen atoms in total. The van der Waals surface area contributed by atoms with Crippen LogP contribution < -0.4 is 9.47 Å². The molecule has 2 aliphatic heterocycles. The Bertz CT molecular complexity index is 1120. The fourth-order valence-electron chi connectivity index (χ4n) is 3.18. The summed E-state index contributed by atoms with van der Waals surface area (Å²) in [7, 11) is 0. The number of nitrogens with zero attached hydrogens (tertiary/aromatic N) is 3. The van der Waals surface area contributed by atoms with Crippen LogP contribution in [0.2, 0.25) is 0 Å². The first-order valence-electron chi connectivity index (χ1n) is 10.5. The number of aliphatic imine (C=N–C) groups is 1. The summed E-state index contributed by atoms with van der Waals surface area (Å²) in [6, 6.07) is 15.2. The monoisotopic (exact) mass is 448 g/mol. The lowest BCUT2D eigenvalue weighted by Gasteiger charge is -2.20. The van der Waals surface area contributed by atoms with E-state index >= 15 is 0 Å². The topological polar surface area (TPSA) is 87.3 Å². The molecule has 164 valence electrons. The fourth-order valence-corrected chi connectivity index (χ4v) is 4.17. The molecule has 0 bridgehead atoms. The highest BCUT2D eigenvalue weighted by Gasteiger charge is 2.35. The molecule has 0 aliphatic carbocycles. The van der Waals surface area contributed by atoms with Crippen molar-refractivity contribution in [1.82, 2.24) is 5.01 Å². The Balaban J connectivity index is 1.46. The lowest BCUT2D eigenvalue weighted by atomic mass is 10.1. The van der Waals surface area contributed by atoms with Crippen LogP contribution in [-0.2, 0) is 4.79 Å². The Morgan fingerprint density at radius 2 is 1.84 bits per heavy atom. The van der Waals surface area contributed by atoms with Gasteiger partial charge in [-0.25, -0.2) is 0 Å². The number of benzene rings is 2. The predicted octanol–water partition coefficient (Wildman–Crippen LogP) is 4.87. The van der Waals surface area contributed by atoms with Crippen LogP contribution in [0.3, 0.4) is 0 Å². The van der Waals surface area contributed by atoms with Crippen molar-refractivity contribution in [2.45, 2.75) is 26.7 Å². The Morgan fingerprint density at radius 3 is 2.62 bits per heavy atom. The summed E-state index contributed by atoms with van der Waals surface area (Å²) in [6.45, 7) is 4.82. The first-order chi connectivity index (χ1) is 15.5. The van der Waals surface area contributed by atoms with Crippen LogP contribution in [0.25, 0.3) is 6.08 Å². The molecule has 0 radical (unpaired) electrons. The Kier molecular flexibility index (Phi) is 6.70. The average Bonchev–Trinajstić information content (AvgIpc) is 3.19. The molecule has 2 aromatic carbocycles. The molecule has 0 saturated heterocycles. The summed E-state index contributed by atoms with van der Waals surface area (Å²) < 4.78 is 11.6. The number of aryl methyl sites for hydroxylation is 1. The number of hydrogen-bond acceptors (Lipinski definition) is 6. The number of rotatable bonds is 8. The van der Waals surface area contributed by atoms with Gasteiger partial charge in [-0.15, -0.1) is 0 Å². The molecule has 0 spiro atoms. The highest BCUT2D eigenvalue weighted by molar-refractivity contribution is 8.26. The van der Waals surface area contributed by atoms with E-state index < -0.39 is 5.91 Å². The van der Waals surface area contributed by atoms with Gasteiger partial charge in [0.05, 0.1) is 5.57 Å². The van der Waals surface area contributed by atoms with Crippen molar-refractivity contribution in [3.8, 4) is 11.5 Å². The van der Waals surface area contributed by atoms with E-state index in [1.807, 2.05) is 55.5 Å². The molecule has 0 atom stereocenters. The van der Waals surface area contributed by atoms with E-state index in [-0.39, 0.29) is 11.4 Å². The molecule has 0 fully saturated rings. The Labute approximate surface area is 191 Å². The van der Waals surface area contributed by atoms with E-state index in [1.165, 1.54) is 22.3 Å². The molecule has 2 aliphatic rings. The van der Waals surface area contributed by atoms with Crippen molar-refractivity contribution in [2.75, 3.05) is 13.2 Å². The van der Waals surface area contributed by atoms with Crippen LogP contribution in [0.4, 0.5) is 0 Å². The summed E-state index contributed by atoms with van der Waals surface area (Å²) in [6.07, 6.45) is 3.37. The van der Waals surface area contributed by atoms with Crippen LogP contribution in [0.15, 0.2) is 64.2 Å². The molecule has 8 heteroatoms. The van der Waals surface area contributed by atoms with Crippen molar-refractivity contribution < 1.29 is 14.3 Å². The van der Waals surface area contributed by atoms with Gasteiger partial charge in [-0.2, -0.15) is 15.1 Å². The van der Waals surface area contributed by atoms with Gasteiger partial charge in [0.25, 0.3) is 5.91 Å². The summed E-state index contributed by atoms with van der Waals surface area (Å²) in [4.78, 5) is 16.8. The summed E-state index contributed by atoms with van der Waals surface area (Å²) in [5, 5.41) is 15.7. The fraction of sp³-hybridized carbons (Fsp3) is 0.250. The predicted molar refractivity (Wildman–Crippen MR) is 129 cm³/mol. The molecular formula is C24H24N4O3S. The quantitative estimate of drug-likeness (QED) is 0.460. The Morgan fingerprint density at radius 1 is 1.09 bits per heavy atom. The van der Waals surface area contributed by atoms with E-state index in [9.17, 15) is 4.79 Å². The van der Waals surface area contributed by atoms with Gasteiger partial charge in [-0.1, -0.05) is 42.8 Å². The van der Waals surface area contributed by atoms with Gasteiger partial charge in [0.1, 0.15) is 29.8 Å². The largest absolute Gasteiger partial charge is 0.490 e. The maximum absolute atomic E-state index is 12.6. The normalized spacial score (nSPS) is 16.7. The lowest BCUT2D eigenvalue weighted by molar-refractivity contribution is -0.114. The minimum absolute atomic E-state index is 0.0242. The number of amidine groups is 2. The Hall–Kier alpha value is -3.39. The van der Waals surface area contributed by atoms with E-state index in [0.717, 1.165) is 23.6 Å². The second-order valence-corrected chi connectivity index (χ2v) is 8.35. The first-order valence-corrected chi connectivity index (χ1v) is 11.3. The molecule has 32 heavy (non-hydrogen) atoms. The molecule has 4 rings (SSSR count). The molecule has 0 unspecified atom stereocenters. The highest BCUT2D eigenvalue weighted by atomic mass is 32.2. The average molecular weight is 449 g/mol. The number of carbonyl (C=O) groups excluding carboxylic acids is 1. The van der Waals surface area contributed by atoms with E-state index in [2.05, 4.69) is 17.0 Å². The number of ether oxygens (including phenoxy) is 2. The second kappa shape index (κ2) is 9.82. The van der Waals surface area contributed by atoms with Crippen LogP contribution in [-0.4, -0.2) is 40.2 Å². The van der Waals surface area contributed by atoms with Crippen LogP contribution in [0.1, 0.15) is 30.9 Å². The molecule has 1 N–H and O–H groups in total. The second-order valence-electron chi connectivity index (χ2n) is 7.31. The minimum atomic E-state index is -0.445. The van der Waals surface area contributed by atoms with Gasteiger partial charge in [-0.05, 0) is 55.8 Å². The summed E-state index contributed by atoms with van der Waals surface area (Å²) in [5.41, 5.74) is 2.05. The van der Waals surface area contributed by atoms with Gasteiger partial charge in [-0.3, -0.25) is 10.2 Å². The number of amides is 1. The zero-order valence-electron chi connectivity index (χ0n) is 18.0. The van der Waals surface area contributed by atoms with Gasteiger partial charge < -0.3 is 9.47 Å². The molecule has 0 aromatic heterocycles. The van der Waals surface area contributed by atoms with Crippen molar-refractivity contribution in [3.63, 3.8) is 0 Å². The van der Waals surface area contributed by atoms with Gasteiger partial charge in [0.2, 0.25) is 5.17 Å². The number of thioether (sulfide) groups is 1. The van der Waals surface area contributed by atoms with Crippen LogP contribution in [0, 0.1) is 12.3 Å². The van der Waals surface area contributed by atoms with Gasteiger partial charge in [0.15, 0.2) is 5.84 Å². The van der Waals surface area contributed by atoms with Gasteiger partial charge >= 0.3 is 0 Å². The summed E-state index contributed by atoms with van der Waals surface area (Å²) in [5.74, 6) is 0.972. The lowest BCUT2D eigenvalue weighted by Crippen LogP contribution is -2.35. The maximum Gasteiger partial charge on any atom is 0.283 e. The zero-order chi connectivity index (χ0) is 22.5. The zero-order valence-corrected chi connectivity index (χ0v) is 18.8. The van der Waals surface area contributed by atoms with Crippen molar-refractivity contribution in [2.24, 2.45) is 10.1 Å². The molecular weight excluding hydrogens is 424 g/mol. The number of hydrogen-bond donors (Lipinski definition) is 1. The standard InChI is InChI=1S/C24H24N4O3S/c1-3-6-21-27-28-22(25)19(23(29)26-24(28)32-21)15-17-7-4-5-8-20(17)31-14-13-30-18-11-9-16(2)10-12-18/h4-5,7-12,15,25H,3,6,13-14H2,1-2H3. The minimum Gasteiger partial charge on any atom is -0.490 e. The van der Waals surface area contributed by atoms with E-state index in [0.29, 0.717) is 29.7 Å². The van der Waals surface area contributed by atoms with E-state index in [1.54, 1.807) is 6.08 Å². The maximum atomic E-state index is 12.6. The molecule has 1 amide bonds. The third-order valence-corrected chi connectivity index (χ3v) is 5.78. The molecule has 2 heterocycles. The third kappa shape index (κ3) is 4.91. The van der Waals surface area contributed by atoms with Crippen LogP contribution in [0.5, 0.6) is 11.5 Å². The van der Waals surface area contributed by atoms with E-state index in [4.69, 9.17) is 14.9 Å². The van der Waals surface area contributed by atoms with Crippen LogP contribution >= 0.6 is 11.8 Å². The third-order valence-electron chi connectivity index (χ3n) is 4.81. The smallest absolute Gasteiger partial charge is 0.283 e. The van der Waals surface area contributed by atoms with Crippen molar-refractivity contribution >= 4 is 39.8 Å².